The number of carboxylic acids is 1. The molecular formula is C13H18N2O2. The van der Waals surface area contributed by atoms with Crippen molar-refractivity contribution in [3.63, 3.8) is 0 Å². The Labute approximate surface area is 101 Å². The first kappa shape index (κ1) is 11.9. The molecule has 1 aromatic rings. The van der Waals surface area contributed by atoms with Gasteiger partial charge in [0.15, 0.2) is 0 Å². The molecule has 0 atom stereocenters. The van der Waals surface area contributed by atoms with E-state index in [1.165, 1.54) is 19.0 Å². The van der Waals surface area contributed by atoms with Gasteiger partial charge in [0.05, 0.1) is 5.69 Å². The minimum Gasteiger partial charge on any atom is -0.478 e. The second-order valence-corrected chi connectivity index (χ2v) is 4.59. The number of pyridine rings is 1. The molecule has 1 heterocycles. The quantitative estimate of drug-likeness (QED) is 0.821. The summed E-state index contributed by atoms with van der Waals surface area (Å²) in [6.45, 7) is 3.99. The van der Waals surface area contributed by atoms with Crippen molar-refractivity contribution in [1.29, 1.82) is 0 Å². The zero-order valence-electron chi connectivity index (χ0n) is 10.1. The third-order valence-electron chi connectivity index (χ3n) is 3.04. The number of carbonyl (C=O) groups is 1. The van der Waals surface area contributed by atoms with Gasteiger partial charge in [-0.05, 0) is 31.2 Å². The predicted octanol–water partition coefficient (Wildman–Crippen LogP) is 2.41. The molecule has 0 bridgehead atoms. The molecule has 1 aliphatic carbocycles. The monoisotopic (exact) mass is 234 g/mol. The number of hydrogen-bond donors (Lipinski definition) is 1. The average molecular weight is 234 g/mol. The molecule has 4 heteroatoms. The van der Waals surface area contributed by atoms with Gasteiger partial charge >= 0.3 is 5.97 Å². The van der Waals surface area contributed by atoms with Crippen LogP contribution in [0.5, 0.6) is 0 Å². The van der Waals surface area contributed by atoms with E-state index >= 15 is 0 Å². The highest BCUT2D eigenvalue weighted by molar-refractivity contribution is 5.94. The fraction of sp³-hybridized carbons (Fsp3) is 0.538. The van der Waals surface area contributed by atoms with E-state index < -0.39 is 5.97 Å². The highest BCUT2D eigenvalue weighted by atomic mass is 16.4. The largest absolute Gasteiger partial charge is 0.478 e. The third kappa shape index (κ3) is 2.96. The minimum absolute atomic E-state index is 0.307. The molecule has 4 nitrogen and oxygen atoms in total. The van der Waals surface area contributed by atoms with Crippen molar-refractivity contribution < 1.29 is 9.90 Å². The standard InChI is InChI=1S/C13H18N2O2/c1-2-7-15(9-10-3-4-10)12-5-6-14-8-11(12)13(16)17/h5-6,8,10H,2-4,7,9H2,1H3,(H,16,17). The first-order valence-electron chi connectivity index (χ1n) is 6.14. The maximum absolute atomic E-state index is 11.2. The molecule has 1 aromatic heterocycles. The van der Waals surface area contributed by atoms with Crippen LogP contribution in [0.1, 0.15) is 36.5 Å². The molecule has 2 rings (SSSR count). The molecule has 0 aromatic carbocycles. The second-order valence-electron chi connectivity index (χ2n) is 4.59. The van der Waals surface area contributed by atoms with Crippen LogP contribution in [0.3, 0.4) is 0 Å². The molecule has 0 unspecified atom stereocenters. The van der Waals surface area contributed by atoms with Crippen LogP contribution in [-0.2, 0) is 0 Å². The Kier molecular flexibility index (Phi) is 3.61. The number of hydrogen-bond acceptors (Lipinski definition) is 3. The van der Waals surface area contributed by atoms with Crippen LogP contribution in [-0.4, -0.2) is 29.1 Å². The molecule has 1 fully saturated rings. The zero-order chi connectivity index (χ0) is 12.3. The van der Waals surface area contributed by atoms with Gasteiger partial charge in [0, 0.05) is 25.5 Å². The van der Waals surface area contributed by atoms with Crippen molar-refractivity contribution >= 4 is 11.7 Å². The lowest BCUT2D eigenvalue weighted by atomic mass is 10.2. The second kappa shape index (κ2) is 5.17. The molecule has 1 N–H and O–H groups in total. The van der Waals surface area contributed by atoms with Crippen molar-refractivity contribution in [2.45, 2.75) is 26.2 Å². The average Bonchev–Trinajstić information content (AvgIpc) is 3.12. The smallest absolute Gasteiger partial charge is 0.339 e. The summed E-state index contributed by atoms with van der Waals surface area (Å²) in [4.78, 5) is 17.2. The molecular weight excluding hydrogens is 216 g/mol. The summed E-state index contributed by atoms with van der Waals surface area (Å²) in [6.07, 6.45) is 6.67. The van der Waals surface area contributed by atoms with E-state index in [2.05, 4.69) is 16.8 Å². The summed E-state index contributed by atoms with van der Waals surface area (Å²) in [5, 5.41) is 9.17. The van der Waals surface area contributed by atoms with Gasteiger partial charge < -0.3 is 10.0 Å². The lowest BCUT2D eigenvalue weighted by molar-refractivity contribution is 0.0697. The van der Waals surface area contributed by atoms with Gasteiger partial charge in [-0.1, -0.05) is 6.92 Å². The number of carboxylic acid groups (broad SMARTS) is 1. The Morgan fingerprint density at radius 3 is 2.94 bits per heavy atom. The fourth-order valence-corrected chi connectivity index (χ4v) is 2.02. The predicted molar refractivity (Wildman–Crippen MR) is 66.4 cm³/mol. The van der Waals surface area contributed by atoms with Gasteiger partial charge in [-0.15, -0.1) is 0 Å². The van der Waals surface area contributed by atoms with Crippen LogP contribution >= 0.6 is 0 Å². The first-order valence-corrected chi connectivity index (χ1v) is 6.14. The van der Waals surface area contributed by atoms with Crippen molar-refractivity contribution in [1.82, 2.24) is 4.98 Å². The SMILES string of the molecule is CCCN(CC1CC1)c1ccncc1C(=O)O. The lowest BCUT2D eigenvalue weighted by Gasteiger charge is -2.25. The first-order chi connectivity index (χ1) is 8.22. The topological polar surface area (TPSA) is 53.4 Å². The summed E-state index contributed by atoms with van der Waals surface area (Å²) in [7, 11) is 0. The van der Waals surface area contributed by atoms with Crippen molar-refractivity contribution in [3.8, 4) is 0 Å². The Morgan fingerprint density at radius 2 is 2.35 bits per heavy atom. The summed E-state index contributed by atoms with van der Waals surface area (Å²) in [5.41, 5.74) is 1.11. The van der Waals surface area contributed by atoms with Crippen LogP contribution in [0.2, 0.25) is 0 Å². The van der Waals surface area contributed by atoms with E-state index in [1.807, 2.05) is 6.07 Å². The van der Waals surface area contributed by atoms with Crippen LogP contribution in [0.15, 0.2) is 18.5 Å². The van der Waals surface area contributed by atoms with E-state index in [1.54, 1.807) is 6.20 Å². The minimum atomic E-state index is -0.898. The summed E-state index contributed by atoms with van der Waals surface area (Å²) < 4.78 is 0. The van der Waals surface area contributed by atoms with Gasteiger partial charge in [0.2, 0.25) is 0 Å². The number of aromatic carboxylic acids is 1. The van der Waals surface area contributed by atoms with Gasteiger partial charge in [0.25, 0.3) is 0 Å². The van der Waals surface area contributed by atoms with Crippen molar-refractivity contribution in [2.75, 3.05) is 18.0 Å². The number of rotatable bonds is 6. The maximum atomic E-state index is 11.2. The van der Waals surface area contributed by atoms with Crippen LogP contribution in [0, 0.1) is 5.92 Å². The van der Waals surface area contributed by atoms with Gasteiger partial charge in [0.1, 0.15) is 5.56 Å². The van der Waals surface area contributed by atoms with Crippen LogP contribution in [0.4, 0.5) is 5.69 Å². The molecule has 0 saturated heterocycles. The van der Waals surface area contributed by atoms with E-state index in [9.17, 15) is 4.79 Å². The maximum Gasteiger partial charge on any atom is 0.339 e. The molecule has 1 aliphatic rings. The van der Waals surface area contributed by atoms with E-state index in [0.717, 1.165) is 31.1 Å². The van der Waals surface area contributed by atoms with Crippen LogP contribution in [0.25, 0.3) is 0 Å². The number of aromatic nitrogens is 1. The Bertz CT molecular complexity index is 402. The Hall–Kier alpha value is -1.58. The number of anilines is 1. The third-order valence-corrected chi connectivity index (χ3v) is 3.04. The molecule has 92 valence electrons. The van der Waals surface area contributed by atoms with Gasteiger partial charge in [-0.3, -0.25) is 4.98 Å². The highest BCUT2D eigenvalue weighted by Crippen LogP contribution is 2.32. The summed E-state index contributed by atoms with van der Waals surface area (Å²) in [5.74, 6) is -0.152. The van der Waals surface area contributed by atoms with E-state index in [-0.39, 0.29) is 0 Å². The molecule has 1 saturated carbocycles. The summed E-state index contributed by atoms with van der Waals surface area (Å²) in [6, 6.07) is 1.81. The van der Waals surface area contributed by atoms with Crippen molar-refractivity contribution in [2.24, 2.45) is 5.92 Å². The molecule has 0 radical (unpaired) electrons. The van der Waals surface area contributed by atoms with Crippen LogP contribution < -0.4 is 4.90 Å². The normalized spacial score (nSPS) is 14.6. The van der Waals surface area contributed by atoms with E-state index in [0.29, 0.717) is 5.56 Å². The van der Waals surface area contributed by atoms with Crippen molar-refractivity contribution in [3.05, 3.63) is 24.0 Å². The highest BCUT2D eigenvalue weighted by Gasteiger charge is 2.25. The Balaban J connectivity index is 2.23. The zero-order valence-corrected chi connectivity index (χ0v) is 10.1. The van der Waals surface area contributed by atoms with Gasteiger partial charge in [-0.2, -0.15) is 0 Å². The van der Waals surface area contributed by atoms with Gasteiger partial charge in [-0.25, -0.2) is 4.79 Å². The molecule has 0 aliphatic heterocycles. The summed E-state index contributed by atoms with van der Waals surface area (Å²) >= 11 is 0. The Morgan fingerprint density at radius 1 is 1.59 bits per heavy atom. The number of nitrogens with zero attached hydrogens (tertiary/aromatic N) is 2. The molecule has 0 spiro atoms. The molecule has 0 amide bonds. The lowest BCUT2D eigenvalue weighted by Crippen LogP contribution is -2.28. The fourth-order valence-electron chi connectivity index (χ4n) is 2.02. The van der Waals surface area contributed by atoms with E-state index in [4.69, 9.17) is 5.11 Å². The molecule has 17 heavy (non-hydrogen) atoms.